The van der Waals surface area contributed by atoms with Crippen molar-refractivity contribution < 1.29 is 22.1 Å². The van der Waals surface area contributed by atoms with E-state index in [9.17, 15) is 13.2 Å². The van der Waals surface area contributed by atoms with Crippen LogP contribution in [-0.2, 0) is 19.2 Å². The number of aldehydes is 1. The summed E-state index contributed by atoms with van der Waals surface area (Å²) in [5.41, 5.74) is 0. The Balaban J connectivity index is 2.00. The van der Waals surface area contributed by atoms with E-state index in [2.05, 4.69) is 6.58 Å². The molecule has 1 aromatic rings. The number of carbonyl (C=O) groups is 1. The van der Waals surface area contributed by atoms with E-state index in [4.69, 9.17) is 4.28 Å². The minimum Gasteiger partial charge on any atom is -0.303 e. The van der Waals surface area contributed by atoms with Crippen molar-refractivity contribution in [2.75, 3.05) is 13.1 Å². The molecule has 1 saturated carbocycles. The summed E-state index contributed by atoms with van der Waals surface area (Å²) in [6.07, 6.45) is 7.48. The summed E-state index contributed by atoms with van der Waals surface area (Å²) in [6, 6.07) is 8.10. The molecule has 4 atom stereocenters. The lowest BCUT2D eigenvalue weighted by Gasteiger charge is -2.50. The van der Waals surface area contributed by atoms with E-state index in [0.717, 1.165) is 38.4 Å². The van der Waals surface area contributed by atoms with Gasteiger partial charge < -0.3 is 4.79 Å². The number of nitrogens with zero attached hydrogens (tertiary/aromatic N) is 1. The molecule has 1 heterocycles. The first kappa shape index (κ1) is 18.3. The molecule has 0 spiro atoms. The van der Waals surface area contributed by atoms with Crippen molar-refractivity contribution in [1.29, 1.82) is 0 Å². The molecule has 25 heavy (non-hydrogen) atoms. The van der Waals surface area contributed by atoms with Crippen LogP contribution in [0.15, 0.2) is 47.9 Å². The predicted octanol–water partition coefficient (Wildman–Crippen LogP) is 3.09. The van der Waals surface area contributed by atoms with Crippen LogP contribution in [0.3, 0.4) is 0 Å². The molecule has 1 aromatic carbocycles. The summed E-state index contributed by atoms with van der Waals surface area (Å²) in [7, 11) is -3.91. The largest absolute Gasteiger partial charge is 0.342 e. The molecule has 6 heteroatoms. The number of hydrogen-bond acceptors (Lipinski definition) is 4. The van der Waals surface area contributed by atoms with Crippen LogP contribution >= 0.6 is 0 Å². The number of hydroxylamine groups is 3. The Morgan fingerprint density at radius 1 is 1.16 bits per heavy atom. The molecule has 136 valence electrons. The summed E-state index contributed by atoms with van der Waals surface area (Å²) in [5, 5.41) is 0. The normalized spacial score (nSPS) is 32.6. The lowest BCUT2D eigenvalue weighted by molar-refractivity contribution is -1.10. The first-order valence-corrected chi connectivity index (χ1v) is 10.4. The number of hydrogen-bond donors (Lipinski definition) is 0. The molecule has 2 aliphatic rings. The average Bonchev–Trinajstić information content (AvgIpc) is 2.62. The van der Waals surface area contributed by atoms with Crippen molar-refractivity contribution in [2.24, 2.45) is 11.8 Å². The van der Waals surface area contributed by atoms with Crippen molar-refractivity contribution in [3.05, 3.63) is 43.0 Å². The minimum absolute atomic E-state index is 0.0329. The molecule has 1 aliphatic heterocycles. The maximum absolute atomic E-state index is 12.9. The zero-order valence-corrected chi connectivity index (χ0v) is 15.2. The van der Waals surface area contributed by atoms with Gasteiger partial charge in [-0.2, -0.15) is 13.1 Å². The Bertz CT molecular complexity index is 716. The lowest BCUT2D eigenvalue weighted by atomic mass is 9.72. The third-order valence-corrected chi connectivity index (χ3v) is 6.92. The maximum Gasteiger partial charge on any atom is 0.342 e. The summed E-state index contributed by atoms with van der Waals surface area (Å²) in [5.74, 6) is 0.161. The average molecular weight is 364 g/mol. The molecule has 4 unspecified atom stereocenters. The Morgan fingerprint density at radius 2 is 1.88 bits per heavy atom. The predicted molar refractivity (Wildman–Crippen MR) is 94.8 cm³/mol. The SMILES string of the molecule is C=CC[N+]1(OS(=O)(=O)c2ccccc2)CCCC2CCCC(C=O)C21. The van der Waals surface area contributed by atoms with Crippen molar-refractivity contribution in [3.8, 4) is 0 Å². The zero-order valence-electron chi connectivity index (χ0n) is 14.4. The van der Waals surface area contributed by atoms with Gasteiger partial charge in [0, 0.05) is 12.3 Å². The van der Waals surface area contributed by atoms with E-state index in [1.165, 1.54) is 0 Å². The van der Waals surface area contributed by atoms with Crippen molar-refractivity contribution >= 4 is 16.4 Å². The molecule has 5 nitrogen and oxygen atoms in total. The van der Waals surface area contributed by atoms with E-state index in [-0.39, 0.29) is 21.5 Å². The van der Waals surface area contributed by atoms with Gasteiger partial charge in [-0.3, -0.25) is 0 Å². The fraction of sp³-hybridized carbons (Fsp3) is 0.526. The van der Waals surface area contributed by atoms with Gasteiger partial charge in [-0.1, -0.05) is 35.5 Å². The maximum atomic E-state index is 12.9. The highest BCUT2D eigenvalue weighted by Crippen LogP contribution is 2.43. The number of quaternary nitrogens is 1. The van der Waals surface area contributed by atoms with Gasteiger partial charge in [-0.15, -0.1) is 0 Å². The van der Waals surface area contributed by atoms with E-state index < -0.39 is 10.1 Å². The standard InChI is InChI=1S/C19H26NO4S/c1-2-13-20(24-25(22,23)18-11-4-3-5-12-18)14-7-10-16-8-6-9-17(15-21)19(16)20/h2-5,11-12,15-17,19H,1,6-10,13-14H2/q+1. The van der Waals surface area contributed by atoms with Crippen LogP contribution in [0.5, 0.6) is 0 Å². The summed E-state index contributed by atoms with van der Waals surface area (Å²) < 4.78 is 31.6. The Morgan fingerprint density at radius 3 is 2.56 bits per heavy atom. The van der Waals surface area contributed by atoms with Crippen LogP contribution < -0.4 is 0 Å². The van der Waals surface area contributed by atoms with Gasteiger partial charge in [-0.05, 0) is 37.5 Å². The molecule has 0 N–H and O–H groups in total. The molecule has 0 radical (unpaired) electrons. The summed E-state index contributed by atoms with van der Waals surface area (Å²) in [4.78, 5) is 11.9. The van der Waals surface area contributed by atoms with E-state index in [1.807, 2.05) is 0 Å². The van der Waals surface area contributed by atoms with Crippen molar-refractivity contribution in [2.45, 2.75) is 43.0 Å². The topological polar surface area (TPSA) is 60.4 Å². The van der Waals surface area contributed by atoms with Gasteiger partial charge in [0.15, 0.2) is 0 Å². The second-order valence-corrected chi connectivity index (χ2v) is 8.64. The fourth-order valence-corrected chi connectivity index (χ4v) is 5.85. The number of piperidine rings is 1. The first-order valence-electron chi connectivity index (χ1n) is 8.96. The third-order valence-electron chi connectivity index (χ3n) is 5.58. The summed E-state index contributed by atoms with van der Waals surface area (Å²) in [6.45, 7) is 4.79. The fourth-order valence-electron chi connectivity index (χ4n) is 4.65. The quantitative estimate of drug-likeness (QED) is 0.442. The second kappa shape index (κ2) is 7.40. The number of likely N-dealkylation sites (tertiary alicyclic amines) is 1. The van der Waals surface area contributed by atoms with Crippen LogP contribution in [0.4, 0.5) is 0 Å². The minimum atomic E-state index is -3.91. The van der Waals surface area contributed by atoms with Crippen molar-refractivity contribution in [1.82, 2.24) is 0 Å². The lowest BCUT2D eigenvalue weighted by Crippen LogP contribution is -2.65. The monoisotopic (exact) mass is 364 g/mol. The number of rotatable bonds is 6. The Labute approximate surface area is 150 Å². The molecular weight excluding hydrogens is 338 g/mol. The van der Waals surface area contributed by atoms with Crippen LogP contribution in [0.1, 0.15) is 32.1 Å². The van der Waals surface area contributed by atoms with Gasteiger partial charge in [0.25, 0.3) is 0 Å². The molecule has 2 fully saturated rings. The van der Waals surface area contributed by atoms with Gasteiger partial charge in [-0.25, -0.2) is 0 Å². The molecular formula is C19H26NO4S+. The van der Waals surface area contributed by atoms with Crippen LogP contribution in [0, 0.1) is 11.8 Å². The second-order valence-electron chi connectivity index (χ2n) is 7.11. The summed E-state index contributed by atoms with van der Waals surface area (Å²) >= 11 is 0. The van der Waals surface area contributed by atoms with Crippen LogP contribution in [0.2, 0.25) is 0 Å². The number of fused-ring (bicyclic) bond motifs is 1. The van der Waals surface area contributed by atoms with Gasteiger partial charge in [0.2, 0.25) is 0 Å². The molecule has 1 saturated heterocycles. The van der Waals surface area contributed by atoms with Gasteiger partial charge >= 0.3 is 10.1 Å². The first-order chi connectivity index (χ1) is 12.0. The highest BCUT2D eigenvalue weighted by atomic mass is 32.2. The Hall–Kier alpha value is -1.50. The van der Waals surface area contributed by atoms with Crippen LogP contribution in [-0.4, -0.2) is 38.5 Å². The van der Waals surface area contributed by atoms with Gasteiger partial charge in [0.1, 0.15) is 25.4 Å². The highest BCUT2D eigenvalue weighted by Gasteiger charge is 2.54. The third kappa shape index (κ3) is 3.57. The van der Waals surface area contributed by atoms with Crippen molar-refractivity contribution in [3.63, 3.8) is 0 Å². The Kier molecular flexibility index (Phi) is 5.41. The van der Waals surface area contributed by atoms with E-state index in [1.54, 1.807) is 36.4 Å². The highest BCUT2D eigenvalue weighted by molar-refractivity contribution is 7.86. The van der Waals surface area contributed by atoms with Gasteiger partial charge in [0.05, 0.1) is 10.8 Å². The van der Waals surface area contributed by atoms with E-state index >= 15 is 0 Å². The molecule has 1 aliphatic carbocycles. The molecule has 0 aromatic heterocycles. The number of carbonyl (C=O) groups excluding carboxylic acids is 1. The molecule has 0 bridgehead atoms. The zero-order chi connectivity index (χ0) is 17.9. The van der Waals surface area contributed by atoms with E-state index in [0.29, 0.717) is 19.0 Å². The molecule has 3 rings (SSSR count). The molecule has 0 amide bonds. The van der Waals surface area contributed by atoms with Crippen LogP contribution in [0.25, 0.3) is 0 Å². The number of benzene rings is 1. The smallest absolute Gasteiger partial charge is 0.303 e.